The zero-order chi connectivity index (χ0) is 12.0. The second-order valence-corrected chi connectivity index (χ2v) is 3.64. The number of hydrogen-bond acceptors (Lipinski definition) is 3. The summed E-state index contributed by atoms with van der Waals surface area (Å²) in [5, 5.41) is 0. The third-order valence-corrected chi connectivity index (χ3v) is 2.87. The third-order valence-electron chi connectivity index (χ3n) is 2.87. The van der Waals surface area contributed by atoms with E-state index in [2.05, 4.69) is 60.8 Å². The Balaban J connectivity index is 2.81. The van der Waals surface area contributed by atoms with Crippen LogP contribution in [0.4, 0.5) is 11.5 Å². The molecule has 0 atom stereocenters. The van der Waals surface area contributed by atoms with Crippen LogP contribution in [0.1, 0.15) is 27.7 Å². The van der Waals surface area contributed by atoms with Crippen LogP contribution in [0.25, 0.3) is 0 Å². The zero-order valence-corrected chi connectivity index (χ0v) is 10.8. The quantitative estimate of drug-likeness (QED) is 0.734. The molecule has 1 rings (SSSR count). The van der Waals surface area contributed by atoms with Gasteiger partial charge < -0.3 is 9.80 Å². The first-order valence-electron chi connectivity index (χ1n) is 6.15. The summed E-state index contributed by atoms with van der Waals surface area (Å²) < 4.78 is 0. The highest BCUT2D eigenvalue weighted by Crippen LogP contribution is 2.16. The normalized spacial score (nSPS) is 10.2. The average molecular weight is 220 g/mol. The average Bonchev–Trinajstić information content (AvgIpc) is 2.34. The molecule has 0 aliphatic carbocycles. The molecule has 89 valence electrons. The van der Waals surface area contributed by atoms with E-state index in [1.807, 2.05) is 0 Å². The van der Waals surface area contributed by atoms with Crippen LogP contribution in [-0.4, -0.2) is 31.2 Å². The molecule has 0 saturated heterocycles. The predicted molar refractivity (Wildman–Crippen MR) is 70.2 cm³/mol. The van der Waals surface area contributed by atoms with Gasteiger partial charge in [-0.3, -0.25) is 0 Å². The van der Waals surface area contributed by atoms with Crippen LogP contribution in [0.2, 0.25) is 0 Å². The van der Waals surface area contributed by atoms with Crippen LogP contribution in [0.5, 0.6) is 0 Å². The fraction of sp³-hybridized carbons (Fsp3) is 0.615. The van der Waals surface area contributed by atoms with E-state index < -0.39 is 0 Å². The second-order valence-electron chi connectivity index (χ2n) is 3.64. The molecule has 0 saturated carbocycles. The fourth-order valence-corrected chi connectivity index (χ4v) is 1.81. The van der Waals surface area contributed by atoms with Crippen LogP contribution in [0, 0.1) is 6.20 Å². The number of hydrogen-bond donors (Lipinski definition) is 0. The van der Waals surface area contributed by atoms with Crippen molar-refractivity contribution < 1.29 is 0 Å². The molecule has 1 aromatic heterocycles. The Morgan fingerprint density at radius 2 is 1.50 bits per heavy atom. The molecule has 0 aromatic carbocycles. The summed E-state index contributed by atoms with van der Waals surface area (Å²) in [6.07, 6.45) is 3.12. The van der Waals surface area contributed by atoms with Gasteiger partial charge in [-0.15, -0.1) is 0 Å². The van der Waals surface area contributed by atoms with Gasteiger partial charge in [0.1, 0.15) is 12.0 Å². The van der Waals surface area contributed by atoms with Gasteiger partial charge in [-0.25, -0.2) is 4.98 Å². The Morgan fingerprint density at radius 1 is 0.938 bits per heavy atom. The van der Waals surface area contributed by atoms with Gasteiger partial charge in [0.15, 0.2) is 0 Å². The molecular weight excluding hydrogens is 198 g/mol. The molecule has 3 heteroatoms. The first-order chi connectivity index (χ1) is 7.76. The van der Waals surface area contributed by atoms with Crippen LogP contribution in [-0.2, 0) is 0 Å². The van der Waals surface area contributed by atoms with Crippen molar-refractivity contribution in [1.82, 2.24) is 4.98 Å². The SMILES string of the molecule is CCN(CC)c1[c]nc(N(CC)CC)cc1. The molecule has 1 radical (unpaired) electrons. The maximum absolute atomic E-state index is 4.40. The van der Waals surface area contributed by atoms with Gasteiger partial charge in [-0.1, -0.05) is 0 Å². The van der Waals surface area contributed by atoms with E-state index in [0.717, 1.165) is 37.7 Å². The van der Waals surface area contributed by atoms with Crippen molar-refractivity contribution in [2.24, 2.45) is 0 Å². The molecule has 0 unspecified atom stereocenters. The van der Waals surface area contributed by atoms with E-state index in [4.69, 9.17) is 0 Å². The van der Waals surface area contributed by atoms with Crippen molar-refractivity contribution >= 4 is 11.5 Å². The molecule has 1 aromatic rings. The monoisotopic (exact) mass is 220 g/mol. The first kappa shape index (κ1) is 12.8. The van der Waals surface area contributed by atoms with Gasteiger partial charge in [-0.05, 0) is 39.8 Å². The summed E-state index contributed by atoms with van der Waals surface area (Å²) in [5.74, 6) is 1.01. The minimum absolute atomic E-state index is 0.988. The van der Waals surface area contributed by atoms with Crippen molar-refractivity contribution in [1.29, 1.82) is 0 Å². The van der Waals surface area contributed by atoms with Gasteiger partial charge in [0.25, 0.3) is 0 Å². The minimum Gasteiger partial charge on any atom is -0.370 e. The molecule has 0 bridgehead atoms. The summed E-state index contributed by atoms with van der Waals surface area (Å²) in [6, 6.07) is 4.19. The summed E-state index contributed by atoms with van der Waals surface area (Å²) in [5.41, 5.74) is 1.08. The van der Waals surface area contributed by atoms with Crippen LogP contribution in [0.15, 0.2) is 12.1 Å². The predicted octanol–water partition coefficient (Wildman–Crippen LogP) is 2.57. The topological polar surface area (TPSA) is 19.4 Å². The molecule has 0 amide bonds. The van der Waals surface area contributed by atoms with Crippen LogP contribution >= 0.6 is 0 Å². The summed E-state index contributed by atoms with van der Waals surface area (Å²) in [7, 11) is 0. The zero-order valence-electron chi connectivity index (χ0n) is 10.8. The number of nitrogens with zero attached hydrogens (tertiary/aromatic N) is 3. The van der Waals surface area contributed by atoms with E-state index in [9.17, 15) is 0 Å². The lowest BCUT2D eigenvalue weighted by Gasteiger charge is -2.23. The molecule has 0 aliphatic heterocycles. The van der Waals surface area contributed by atoms with Gasteiger partial charge >= 0.3 is 0 Å². The van der Waals surface area contributed by atoms with Crippen molar-refractivity contribution in [2.75, 3.05) is 36.0 Å². The standard InChI is InChI=1S/C13H22N3/c1-5-15(6-2)12-9-10-13(14-11-12)16(7-3)8-4/h9-10H,5-8H2,1-4H3. The fourth-order valence-electron chi connectivity index (χ4n) is 1.81. The van der Waals surface area contributed by atoms with Crippen molar-refractivity contribution in [3.63, 3.8) is 0 Å². The number of pyridine rings is 1. The Hall–Kier alpha value is -1.25. The van der Waals surface area contributed by atoms with E-state index in [-0.39, 0.29) is 0 Å². The summed E-state index contributed by atoms with van der Waals surface area (Å²) in [4.78, 5) is 8.87. The minimum atomic E-state index is 0.988. The Kier molecular flexibility index (Phi) is 5.09. The van der Waals surface area contributed by atoms with Gasteiger partial charge in [0.05, 0.1) is 5.69 Å². The highest BCUT2D eigenvalue weighted by molar-refractivity contribution is 5.49. The Morgan fingerprint density at radius 3 is 1.88 bits per heavy atom. The van der Waals surface area contributed by atoms with E-state index >= 15 is 0 Å². The molecule has 16 heavy (non-hydrogen) atoms. The Labute approximate surface area is 99.1 Å². The lowest BCUT2D eigenvalue weighted by molar-refractivity contribution is 0.835. The van der Waals surface area contributed by atoms with Gasteiger partial charge in [0, 0.05) is 26.2 Å². The van der Waals surface area contributed by atoms with Gasteiger partial charge in [0.2, 0.25) is 0 Å². The third kappa shape index (κ3) is 2.87. The number of rotatable bonds is 6. The summed E-state index contributed by atoms with van der Waals surface area (Å²) >= 11 is 0. The first-order valence-corrected chi connectivity index (χ1v) is 6.15. The summed E-state index contributed by atoms with van der Waals surface area (Å²) in [6.45, 7) is 12.6. The smallest absolute Gasteiger partial charge is 0.129 e. The highest BCUT2D eigenvalue weighted by Gasteiger charge is 2.06. The lowest BCUT2D eigenvalue weighted by Crippen LogP contribution is -2.24. The molecule has 3 nitrogen and oxygen atoms in total. The second kappa shape index (κ2) is 6.36. The van der Waals surface area contributed by atoms with E-state index in [0.29, 0.717) is 0 Å². The molecule has 0 spiro atoms. The van der Waals surface area contributed by atoms with Crippen molar-refractivity contribution in [3.8, 4) is 0 Å². The van der Waals surface area contributed by atoms with Crippen LogP contribution in [0.3, 0.4) is 0 Å². The molecule has 0 fully saturated rings. The van der Waals surface area contributed by atoms with Crippen molar-refractivity contribution in [2.45, 2.75) is 27.7 Å². The molecule has 1 heterocycles. The molecule has 0 aliphatic rings. The molecule has 0 N–H and O–H groups in total. The maximum atomic E-state index is 4.40. The lowest BCUT2D eigenvalue weighted by atomic mass is 10.3. The molecular formula is C13H22N3. The number of aromatic nitrogens is 1. The van der Waals surface area contributed by atoms with Crippen molar-refractivity contribution in [3.05, 3.63) is 18.3 Å². The largest absolute Gasteiger partial charge is 0.370 e. The van der Waals surface area contributed by atoms with E-state index in [1.165, 1.54) is 0 Å². The Bertz CT molecular complexity index is 256. The number of anilines is 2. The van der Waals surface area contributed by atoms with E-state index in [1.54, 1.807) is 0 Å². The van der Waals surface area contributed by atoms with Gasteiger partial charge in [-0.2, -0.15) is 0 Å². The highest BCUT2D eigenvalue weighted by atomic mass is 15.2. The van der Waals surface area contributed by atoms with Crippen LogP contribution < -0.4 is 9.80 Å². The maximum Gasteiger partial charge on any atom is 0.129 e.